The molecule has 0 saturated carbocycles. The normalized spacial score (nSPS) is 12.4. The third kappa shape index (κ3) is 3.76. The average molecular weight is 309 g/mol. The summed E-state index contributed by atoms with van der Waals surface area (Å²) in [4.78, 5) is 12.4. The number of benzene rings is 1. The van der Waals surface area contributed by atoms with Gasteiger partial charge in [0.25, 0.3) is 0 Å². The van der Waals surface area contributed by atoms with Gasteiger partial charge in [-0.25, -0.2) is 0 Å². The van der Waals surface area contributed by atoms with Crippen LogP contribution in [0.1, 0.15) is 51.9 Å². The molecule has 0 bridgehead atoms. The summed E-state index contributed by atoms with van der Waals surface area (Å²) in [5, 5.41) is 0. The Bertz CT molecular complexity index is 404. The number of carbonyl (C=O) groups is 1. The number of rotatable bonds is 7. The Balaban J connectivity index is 2.85. The maximum Gasteiger partial charge on any atom is 0.172 e. The van der Waals surface area contributed by atoms with Crippen LogP contribution in [0.15, 0.2) is 30.3 Å². The molecule has 0 N–H and O–H groups in total. The van der Waals surface area contributed by atoms with Crippen LogP contribution in [-0.2, 0) is 0 Å². The Kier molecular flexibility index (Phi) is 6.53. The Morgan fingerprint density at radius 1 is 0.950 bits per heavy atom. The van der Waals surface area contributed by atoms with E-state index in [1.807, 2.05) is 41.5 Å². The smallest absolute Gasteiger partial charge is 0.172 e. The monoisotopic (exact) mass is 308 g/mol. The molecule has 0 aliphatic heterocycles. The summed E-state index contributed by atoms with van der Waals surface area (Å²) < 4.78 is 0. The second-order valence-electron chi connectivity index (χ2n) is 6.40. The van der Waals surface area contributed by atoms with E-state index in [4.69, 9.17) is 0 Å². The molecule has 0 atom stereocenters. The summed E-state index contributed by atoms with van der Waals surface area (Å²) in [6.45, 7) is 14.0. The van der Waals surface area contributed by atoms with E-state index in [1.165, 1.54) is 0 Å². The minimum atomic E-state index is -1.53. The van der Waals surface area contributed by atoms with Gasteiger partial charge in [-0.3, -0.25) is 4.79 Å². The number of hydrogen-bond acceptors (Lipinski definition) is 2. The molecule has 0 unspecified atom stereocenters. The lowest BCUT2D eigenvalue weighted by Gasteiger charge is -2.42. The predicted octanol–water partition coefficient (Wildman–Crippen LogP) is 5.78. The highest BCUT2D eigenvalue weighted by Gasteiger charge is 2.43. The van der Waals surface area contributed by atoms with Crippen LogP contribution in [0.25, 0.3) is 0 Å². The Labute approximate surface area is 129 Å². The quantitative estimate of drug-likeness (QED) is 0.469. The van der Waals surface area contributed by atoms with Crippen molar-refractivity contribution in [1.82, 2.24) is 0 Å². The number of hydrogen-bond donors (Lipinski definition) is 0. The van der Waals surface area contributed by atoms with E-state index in [0.29, 0.717) is 22.4 Å². The van der Waals surface area contributed by atoms with E-state index < -0.39 is 7.22 Å². The lowest BCUT2D eigenvalue weighted by atomic mass is 10.2. The average Bonchev–Trinajstić information content (AvgIpc) is 2.38. The van der Waals surface area contributed by atoms with Gasteiger partial charge in [0.05, 0.1) is 5.75 Å². The zero-order valence-electron chi connectivity index (χ0n) is 13.6. The maximum atomic E-state index is 12.4. The first-order chi connectivity index (χ1) is 9.32. The van der Waals surface area contributed by atoms with Crippen LogP contribution in [0, 0.1) is 0 Å². The first-order valence-electron chi connectivity index (χ1n) is 7.54. The van der Waals surface area contributed by atoms with Gasteiger partial charge in [-0.1, -0.05) is 71.9 Å². The molecule has 1 aromatic rings. The van der Waals surface area contributed by atoms with Crippen LogP contribution in [0.2, 0.25) is 16.6 Å². The molecule has 3 heteroatoms. The summed E-state index contributed by atoms with van der Waals surface area (Å²) in [7, 11) is -1.53. The SMILES string of the molecule is CC(C)[Si](SCC(=O)c1ccccc1)(C(C)C)C(C)C. The molecule has 0 amide bonds. The van der Waals surface area contributed by atoms with Crippen LogP contribution in [0.3, 0.4) is 0 Å². The summed E-state index contributed by atoms with van der Waals surface area (Å²) in [6.07, 6.45) is 0. The van der Waals surface area contributed by atoms with E-state index in [9.17, 15) is 4.79 Å². The summed E-state index contributed by atoms with van der Waals surface area (Å²) in [5.74, 6) is 0.902. The Hall–Kier alpha value is -0.543. The molecule has 112 valence electrons. The van der Waals surface area contributed by atoms with E-state index in [0.717, 1.165) is 5.56 Å². The topological polar surface area (TPSA) is 17.1 Å². The fraction of sp³-hybridized carbons (Fsp3) is 0.588. The number of carbonyl (C=O) groups excluding carboxylic acids is 1. The van der Waals surface area contributed by atoms with Crippen molar-refractivity contribution in [2.45, 2.75) is 58.2 Å². The summed E-state index contributed by atoms with van der Waals surface area (Å²) in [6, 6.07) is 9.68. The van der Waals surface area contributed by atoms with Crippen molar-refractivity contribution >= 4 is 24.2 Å². The maximum absolute atomic E-state index is 12.4. The standard InChI is InChI=1S/C17H28OSSi/c1-13(2)20(14(3)4,15(5)6)19-12-17(18)16-10-8-7-9-11-16/h7-11,13-15H,12H2,1-6H3. The van der Waals surface area contributed by atoms with E-state index in [1.54, 1.807) is 0 Å². The molecule has 0 saturated heterocycles. The minimum absolute atomic E-state index is 0.273. The third-order valence-electron chi connectivity index (χ3n) is 4.26. The predicted molar refractivity (Wildman–Crippen MR) is 94.3 cm³/mol. The fourth-order valence-corrected chi connectivity index (χ4v) is 13.1. The molecule has 0 spiro atoms. The van der Waals surface area contributed by atoms with E-state index >= 15 is 0 Å². The Morgan fingerprint density at radius 2 is 1.40 bits per heavy atom. The second-order valence-corrected chi connectivity index (χ2v) is 15.1. The van der Waals surface area contributed by atoms with Gasteiger partial charge in [0.1, 0.15) is 7.22 Å². The van der Waals surface area contributed by atoms with Crippen molar-refractivity contribution in [2.24, 2.45) is 0 Å². The van der Waals surface area contributed by atoms with Gasteiger partial charge in [-0.05, 0) is 16.6 Å². The van der Waals surface area contributed by atoms with Crippen molar-refractivity contribution in [1.29, 1.82) is 0 Å². The van der Waals surface area contributed by atoms with Crippen molar-refractivity contribution in [3.05, 3.63) is 35.9 Å². The first kappa shape index (κ1) is 17.5. The molecular formula is C17H28OSSi. The van der Waals surface area contributed by atoms with Crippen LogP contribution in [-0.4, -0.2) is 18.8 Å². The lowest BCUT2D eigenvalue weighted by molar-refractivity contribution is 0.102. The minimum Gasteiger partial charge on any atom is -0.293 e. The van der Waals surface area contributed by atoms with Gasteiger partial charge in [0.2, 0.25) is 0 Å². The van der Waals surface area contributed by atoms with Gasteiger partial charge >= 0.3 is 0 Å². The molecule has 0 radical (unpaired) electrons. The molecule has 0 aromatic heterocycles. The van der Waals surface area contributed by atoms with Crippen molar-refractivity contribution < 1.29 is 4.79 Å². The third-order valence-corrected chi connectivity index (χ3v) is 16.8. The zero-order valence-corrected chi connectivity index (χ0v) is 15.5. The Morgan fingerprint density at radius 3 is 1.80 bits per heavy atom. The fourth-order valence-electron chi connectivity index (χ4n) is 3.40. The van der Waals surface area contributed by atoms with Gasteiger partial charge in [-0.2, -0.15) is 11.2 Å². The highest BCUT2D eigenvalue weighted by atomic mass is 32.4. The van der Waals surface area contributed by atoms with Gasteiger partial charge in [0.15, 0.2) is 5.78 Å². The van der Waals surface area contributed by atoms with Gasteiger partial charge in [-0.15, -0.1) is 0 Å². The highest BCUT2D eigenvalue weighted by molar-refractivity contribution is 8.29. The van der Waals surface area contributed by atoms with Crippen molar-refractivity contribution in [3.63, 3.8) is 0 Å². The van der Waals surface area contributed by atoms with Gasteiger partial charge < -0.3 is 0 Å². The first-order valence-corrected chi connectivity index (χ1v) is 11.5. The van der Waals surface area contributed by atoms with Crippen molar-refractivity contribution in [3.8, 4) is 0 Å². The van der Waals surface area contributed by atoms with Crippen molar-refractivity contribution in [2.75, 3.05) is 5.75 Å². The lowest BCUT2D eigenvalue weighted by Crippen LogP contribution is -2.42. The van der Waals surface area contributed by atoms with E-state index in [-0.39, 0.29) is 5.78 Å². The second kappa shape index (κ2) is 7.46. The molecule has 1 rings (SSSR count). The molecule has 0 aliphatic rings. The van der Waals surface area contributed by atoms with Crippen LogP contribution >= 0.6 is 11.2 Å². The largest absolute Gasteiger partial charge is 0.293 e. The molecule has 0 fully saturated rings. The molecule has 1 nitrogen and oxygen atoms in total. The van der Waals surface area contributed by atoms with Crippen LogP contribution in [0.5, 0.6) is 0 Å². The van der Waals surface area contributed by atoms with E-state index in [2.05, 4.69) is 41.5 Å². The highest BCUT2D eigenvalue weighted by Crippen LogP contribution is 2.49. The molecule has 20 heavy (non-hydrogen) atoms. The zero-order chi connectivity index (χ0) is 15.3. The number of ketones is 1. The number of Topliss-reactive ketones (excluding diaryl/α,β-unsaturated/α-hetero) is 1. The summed E-state index contributed by atoms with van der Waals surface area (Å²) in [5.41, 5.74) is 2.92. The van der Waals surface area contributed by atoms with Gasteiger partial charge in [0, 0.05) is 5.56 Å². The van der Waals surface area contributed by atoms with Crippen LogP contribution < -0.4 is 0 Å². The molecule has 0 heterocycles. The van der Waals surface area contributed by atoms with Crippen LogP contribution in [0.4, 0.5) is 0 Å². The molecule has 0 aliphatic carbocycles. The molecule has 1 aromatic carbocycles. The summed E-state index contributed by atoms with van der Waals surface area (Å²) >= 11 is 1.99. The molecular weight excluding hydrogens is 280 g/mol.